The third-order valence-electron chi connectivity index (χ3n) is 1.91. The number of carbonyl (C=O) groups is 1. The average Bonchev–Trinajstić information content (AvgIpc) is 2.28. The van der Waals surface area contributed by atoms with Crippen LogP contribution in [0.3, 0.4) is 0 Å². The Bertz CT molecular complexity index is 363. The van der Waals surface area contributed by atoms with Crippen LogP contribution in [-0.4, -0.2) is 17.5 Å². The summed E-state index contributed by atoms with van der Waals surface area (Å²) in [7, 11) is 1.59. The normalized spacial score (nSPS) is 10.2. The second-order valence-corrected chi connectivity index (χ2v) is 5.54. The summed E-state index contributed by atoms with van der Waals surface area (Å²) < 4.78 is 11.4. The fourth-order valence-corrected chi connectivity index (χ4v) is 2.39. The molecule has 0 heterocycles. The number of carbonyl (C=O) groups excluding carboxylic acids is 1. The molecule has 0 aliphatic rings. The Labute approximate surface area is 107 Å². The minimum atomic E-state index is -0.456. The van der Waals surface area contributed by atoms with Crippen LogP contribution in [0.25, 0.3) is 0 Å². The van der Waals surface area contributed by atoms with Gasteiger partial charge in [-0.3, -0.25) is 0 Å². The molecule has 0 saturated carbocycles. The first kappa shape index (κ1) is 13.3. The molecule has 90 valence electrons. The second kappa shape index (κ2) is 6.73. The zero-order valence-electron chi connectivity index (χ0n) is 9.75. The van der Waals surface area contributed by atoms with Gasteiger partial charge in [-0.2, -0.15) is 0 Å². The van der Waals surface area contributed by atoms with E-state index in [1.165, 1.54) is 0 Å². The van der Waals surface area contributed by atoms with Crippen LogP contribution in [0.5, 0.6) is 5.75 Å². The molecule has 0 fully saturated rings. The Morgan fingerprint density at radius 2 is 2.12 bits per heavy atom. The van der Waals surface area contributed by atoms with Gasteiger partial charge in [-0.25, -0.2) is 0 Å². The molecule has 4 heteroatoms. The maximum absolute atomic E-state index is 11.7. The molecule has 0 aliphatic heterocycles. The number of hydrogen-bond acceptors (Lipinski definition) is 3. The van der Waals surface area contributed by atoms with Crippen molar-refractivity contribution in [2.45, 2.75) is 20.3 Å². The summed E-state index contributed by atoms with van der Waals surface area (Å²) in [6.07, 6.45) is 1.07. The van der Waals surface area contributed by atoms with E-state index in [9.17, 15) is 4.79 Å². The number of benzene rings is 1. The van der Waals surface area contributed by atoms with Gasteiger partial charge >= 0.3 is 107 Å². The quantitative estimate of drug-likeness (QED) is 0.416. The Kier molecular flexibility index (Phi) is 5.59. The first-order chi connectivity index (χ1) is 7.67. The Hall–Kier alpha value is -0.780. The van der Waals surface area contributed by atoms with Gasteiger partial charge in [-0.1, -0.05) is 0 Å². The molecule has 0 spiro atoms. The molecule has 0 atom stereocenters. The predicted molar refractivity (Wildman–Crippen MR) is 58.3 cm³/mol. The summed E-state index contributed by atoms with van der Waals surface area (Å²) in [5.74, 6) is 0.462. The van der Waals surface area contributed by atoms with Crippen molar-refractivity contribution in [1.29, 1.82) is 0 Å². The summed E-state index contributed by atoms with van der Waals surface area (Å²) in [5, 5.41) is 0. The van der Waals surface area contributed by atoms with Gasteiger partial charge in [0.15, 0.2) is 0 Å². The standard InChI is InChI=1S/C12H16IO3/c1-4-5-13-16-12(14)10-6-9(2)7-11(8-10)15-3/h6-8H,4-5H2,1-3H3/q-1. The van der Waals surface area contributed by atoms with Crippen LogP contribution in [0.1, 0.15) is 29.3 Å². The van der Waals surface area contributed by atoms with E-state index in [1.807, 2.05) is 19.1 Å². The Balaban J connectivity index is 2.71. The molecule has 3 nitrogen and oxygen atoms in total. The van der Waals surface area contributed by atoms with E-state index >= 15 is 0 Å². The zero-order chi connectivity index (χ0) is 12.0. The van der Waals surface area contributed by atoms with Crippen molar-refractivity contribution in [3.05, 3.63) is 29.3 Å². The number of aryl methyl sites for hydroxylation is 1. The van der Waals surface area contributed by atoms with Crippen LogP contribution in [-0.2, 0) is 3.07 Å². The minimum absolute atomic E-state index is 0.233. The van der Waals surface area contributed by atoms with E-state index in [1.54, 1.807) is 13.2 Å². The number of rotatable bonds is 5. The van der Waals surface area contributed by atoms with Gasteiger partial charge < -0.3 is 0 Å². The molecule has 0 unspecified atom stereocenters. The van der Waals surface area contributed by atoms with E-state index in [0.717, 1.165) is 16.4 Å². The van der Waals surface area contributed by atoms with Crippen LogP contribution in [0.15, 0.2) is 18.2 Å². The predicted octanol–water partition coefficient (Wildman–Crippen LogP) is -0.426. The molecule has 1 aromatic rings. The molecule has 0 bridgehead atoms. The van der Waals surface area contributed by atoms with Crippen molar-refractivity contribution in [3.8, 4) is 5.75 Å². The number of ether oxygens (including phenoxy) is 1. The van der Waals surface area contributed by atoms with Gasteiger partial charge in [0.25, 0.3) is 0 Å². The van der Waals surface area contributed by atoms with Gasteiger partial charge in [0, 0.05) is 0 Å². The Morgan fingerprint density at radius 1 is 1.38 bits per heavy atom. The molecule has 1 aromatic carbocycles. The Morgan fingerprint density at radius 3 is 2.75 bits per heavy atom. The molecular weight excluding hydrogens is 319 g/mol. The number of halogens is 1. The number of hydrogen-bond donors (Lipinski definition) is 0. The molecule has 16 heavy (non-hydrogen) atoms. The van der Waals surface area contributed by atoms with Gasteiger partial charge in [-0.15, -0.1) is 0 Å². The summed E-state index contributed by atoms with van der Waals surface area (Å²) >= 11 is -0.456. The molecule has 0 aromatic heterocycles. The third kappa shape index (κ3) is 4.00. The van der Waals surface area contributed by atoms with E-state index in [-0.39, 0.29) is 5.97 Å². The van der Waals surface area contributed by atoms with E-state index < -0.39 is 21.6 Å². The van der Waals surface area contributed by atoms with Crippen molar-refractivity contribution in [1.82, 2.24) is 0 Å². The van der Waals surface area contributed by atoms with Gasteiger partial charge in [0.05, 0.1) is 0 Å². The fraction of sp³-hybridized carbons (Fsp3) is 0.417. The fourth-order valence-electron chi connectivity index (χ4n) is 1.19. The number of methoxy groups -OCH3 is 1. The van der Waals surface area contributed by atoms with Crippen molar-refractivity contribution < 1.29 is 34.2 Å². The summed E-state index contributed by atoms with van der Waals surface area (Å²) in [4.78, 5) is 11.7. The SMILES string of the molecule is CCC[I-]OC(=O)c1cc(C)cc(OC)c1. The molecule has 0 aliphatic carbocycles. The molecule has 0 saturated heterocycles. The third-order valence-corrected chi connectivity index (χ3v) is 4.14. The van der Waals surface area contributed by atoms with Gasteiger partial charge in [0.2, 0.25) is 0 Å². The second-order valence-electron chi connectivity index (χ2n) is 3.40. The van der Waals surface area contributed by atoms with E-state index in [4.69, 9.17) is 7.80 Å². The van der Waals surface area contributed by atoms with E-state index in [0.29, 0.717) is 11.3 Å². The first-order valence-corrected chi connectivity index (χ1v) is 7.54. The number of alkyl halides is 1. The van der Waals surface area contributed by atoms with Crippen molar-refractivity contribution in [2.75, 3.05) is 11.5 Å². The van der Waals surface area contributed by atoms with Crippen LogP contribution >= 0.6 is 0 Å². The summed E-state index contributed by atoms with van der Waals surface area (Å²) in [5.41, 5.74) is 1.58. The van der Waals surface area contributed by atoms with Crippen LogP contribution < -0.4 is 26.4 Å². The van der Waals surface area contributed by atoms with Gasteiger partial charge in [0.1, 0.15) is 0 Å². The van der Waals surface area contributed by atoms with Crippen LogP contribution in [0.4, 0.5) is 0 Å². The molecule has 0 radical (unpaired) electrons. The summed E-state index contributed by atoms with van der Waals surface area (Å²) in [6, 6.07) is 5.42. The monoisotopic (exact) mass is 335 g/mol. The maximum atomic E-state index is 11.7. The molecular formula is C12H16IO3-. The molecule has 0 amide bonds. The average molecular weight is 335 g/mol. The van der Waals surface area contributed by atoms with E-state index in [2.05, 4.69) is 6.92 Å². The van der Waals surface area contributed by atoms with Crippen LogP contribution in [0.2, 0.25) is 0 Å². The zero-order valence-corrected chi connectivity index (χ0v) is 11.9. The van der Waals surface area contributed by atoms with Gasteiger partial charge in [-0.05, 0) is 0 Å². The molecule has 0 N–H and O–H groups in total. The van der Waals surface area contributed by atoms with Crippen molar-refractivity contribution in [3.63, 3.8) is 0 Å². The first-order valence-electron chi connectivity index (χ1n) is 5.13. The molecule has 1 rings (SSSR count). The van der Waals surface area contributed by atoms with Crippen molar-refractivity contribution >= 4 is 5.97 Å². The topological polar surface area (TPSA) is 35.5 Å². The summed E-state index contributed by atoms with van der Waals surface area (Å²) in [6.45, 7) is 4.02. The van der Waals surface area contributed by atoms with Crippen LogP contribution in [0, 0.1) is 6.92 Å². The van der Waals surface area contributed by atoms with Crippen molar-refractivity contribution in [2.24, 2.45) is 0 Å².